The third-order valence-corrected chi connectivity index (χ3v) is 4.82. The molecule has 2 rings (SSSR count). The molecule has 132 valence electrons. The zero-order valence-electron chi connectivity index (χ0n) is 14.0. The van der Waals surface area contributed by atoms with E-state index in [2.05, 4.69) is 11.1 Å². The maximum Gasteiger partial charge on any atom is 0.311 e. The zero-order valence-corrected chi connectivity index (χ0v) is 14.8. The number of hydrogen-bond acceptors (Lipinski definition) is 6. The molecule has 8 heteroatoms. The van der Waals surface area contributed by atoms with Crippen LogP contribution in [0.3, 0.4) is 0 Å². The van der Waals surface area contributed by atoms with Crippen molar-refractivity contribution in [1.82, 2.24) is 9.88 Å². The fourth-order valence-electron chi connectivity index (χ4n) is 2.30. The first kappa shape index (κ1) is 18.7. The Morgan fingerprint density at radius 3 is 2.67 bits per heavy atom. The number of ether oxygens (including phenoxy) is 1. The normalized spacial score (nSPS) is 19.5. The second-order valence-corrected chi connectivity index (χ2v) is 8.05. The Bertz CT molecular complexity index is 624. The second kappa shape index (κ2) is 7.11. The van der Waals surface area contributed by atoms with Crippen LogP contribution >= 0.6 is 11.3 Å². The average Bonchev–Trinajstić information content (AvgIpc) is 2.95. The first-order valence-corrected chi connectivity index (χ1v) is 8.57. The summed E-state index contributed by atoms with van der Waals surface area (Å²) in [7, 11) is 0. The van der Waals surface area contributed by atoms with Crippen LogP contribution in [0.25, 0.3) is 0 Å². The first-order chi connectivity index (χ1) is 11.1. The molecule has 1 unspecified atom stereocenters. The summed E-state index contributed by atoms with van der Waals surface area (Å²) in [5, 5.41) is 10.00. The average molecular weight is 357 g/mol. The van der Waals surface area contributed by atoms with E-state index in [1.54, 1.807) is 31.9 Å². The summed E-state index contributed by atoms with van der Waals surface area (Å²) in [6.45, 7) is 5.70. The maximum atomic E-state index is 13.3. The molecule has 1 aliphatic heterocycles. The molecular weight excluding hydrogens is 336 g/mol. The van der Waals surface area contributed by atoms with E-state index in [0.29, 0.717) is 9.88 Å². The topological polar surface area (TPSA) is 66.2 Å². The van der Waals surface area contributed by atoms with Gasteiger partial charge in [0, 0.05) is 32.1 Å². The number of thiazole rings is 1. The molecule has 1 atom stereocenters. The zero-order chi connectivity index (χ0) is 18.0. The van der Waals surface area contributed by atoms with Crippen LogP contribution < -0.4 is 0 Å². The number of halogens is 2. The van der Waals surface area contributed by atoms with Gasteiger partial charge in [0.25, 0.3) is 5.92 Å². The smallest absolute Gasteiger partial charge is 0.311 e. The number of hydrogen-bond donors (Lipinski definition) is 0. The minimum absolute atomic E-state index is 0.0526. The third kappa shape index (κ3) is 4.71. The summed E-state index contributed by atoms with van der Waals surface area (Å²) < 4.78 is 31.7. The van der Waals surface area contributed by atoms with Crippen molar-refractivity contribution < 1.29 is 18.3 Å². The van der Waals surface area contributed by atoms with Gasteiger partial charge in [0.05, 0.1) is 16.4 Å². The highest BCUT2D eigenvalue weighted by atomic mass is 32.1. The molecule has 24 heavy (non-hydrogen) atoms. The van der Waals surface area contributed by atoms with Crippen LogP contribution in [-0.4, -0.2) is 34.9 Å². The number of carbonyl (C=O) groups excluding carboxylic acids is 1. The summed E-state index contributed by atoms with van der Waals surface area (Å²) in [4.78, 5) is 18.4. The minimum atomic E-state index is -2.64. The van der Waals surface area contributed by atoms with Crippen molar-refractivity contribution in [3.8, 4) is 6.07 Å². The van der Waals surface area contributed by atoms with Gasteiger partial charge < -0.3 is 4.74 Å². The van der Waals surface area contributed by atoms with Crippen LogP contribution in [0, 0.1) is 16.7 Å². The van der Waals surface area contributed by atoms with Crippen molar-refractivity contribution in [2.45, 2.75) is 52.2 Å². The SMILES string of the molecule is CC(C)(C)C(=O)OCc1ncc(C(C#N)N2CCC(F)(F)CC2)s1. The third-order valence-electron chi connectivity index (χ3n) is 3.80. The van der Waals surface area contributed by atoms with Gasteiger partial charge >= 0.3 is 5.97 Å². The van der Waals surface area contributed by atoms with E-state index in [1.807, 2.05) is 0 Å². The van der Waals surface area contributed by atoms with Crippen molar-refractivity contribution in [3.05, 3.63) is 16.1 Å². The van der Waals surface area contributed by atoms with Crippen molar-refractivity contribution >= 4 is 17.3 Å². The molecule has 0 spiro atoms. The summed E-state index contributed by atoms with van der Waals surface area (Å²) in [5.41, 5.74) is -0.589. The van der Waals surface area contributed by atoms with Gasteiger partial charge in [-0.2, -0.15) is 5.26 Å². The van der Waals surface area contributed by atoms with Crippen LogP contribution in [0.15, 0.2) is 6.20 Å². The Balaban J connectivity index is 1.98. The molecule has 0 radical (unpaired) electrons. The molecule has 0 bridgehead atoms. The van der Waals surface area contributed by atoms with Crippen LogP contribution in [0.4, 0.5) is 8.78 Å². The fourth-order valence-corrected chi connectivity index (χ4v) is 3.21. The first-order valence-electron chi connectivity index (χ1n) is 7.76. The number of aromatic nitrogens is 1. The molecule has 2 heterocycles. The Labute approximate surface area is 144 Å². The molecule has 1 saturated heterocycles. The number of piperidine rings is 1. The highest BCUT2D eigenvalue weighted by Gasteiger charge is 2.37. The van der Waals surface area contributed by atoms with Gasteiger partial charge in [0.1, 0.15) is 17.7 Å². The van der Waals surface area contributed by atoms with Crippen LogP contribution in [-0.2, 0) is 16.1 Å². The minimum Gasteiger partial charge on any atom is -0.458 e. The number of carbonyl (C=O) groups is 1. The number of likely N-dealkylation sites (tertiary alicyclic amines) is 1. The molecule has 1 aromatic rings. The fraction of sp³-hybridized carbons (Fsp3) is 0.688. The van der Waals surface area contributed by atoms with E-state index in [-0.39, 0.29) is 38.5 Å². The lowest BCUT2D eigenvalue weighted by atomic mass is 9.97. The van der Waals surface area contributed by atoms with E-state index >= 15 is 0 Å². The standard InChI is InChI=1S/C16H21F2N3O2S/c1-15(2,3)14(22)23-10-13-20-9-12(24-13)11(8-19)21-6-4-16(17,18)5-7-21/h9,11H,4-7,10H2,1-3H3. The Hall–Kier alpha value is -1.59. The van der Waals surface area contributed by atoms with Crippen LogP contribution in [0.5, 0.6) is 0 Å². The molecular formula is C16H21F2N3O2S. The van der Waals surface area contributed by atoms with E-state index < -0.39 is 17.4 Å². The van der Waals surface area contributed by atoms with Gasteiger partial charge in [-0.3, -0.25) is 9.69 Å². The largest absolute Gasteiger partial charge is 0.458 e. The van der Waals surface area contributed by atoms with Gasteiger partial charge in [-0.05, 0) is 20.8 Å². The molecule has 0 aliphatic carbocycles. The second-order valence-electron chi connectivity index (χ2n) is 6.91. The lowest BCUT2D eigenvalue weighted by Gasteiger charge is -2.33. The number of nitriles is 1. The lowest BCUT2D eigenvalue weighted by molar-refractivity contribution is -0.154. The molecule has 5 nitrogen and oxygen atoms in total. The molecule has 0 amide bonds. The Kier molecular flexibility index (Phi) is 5.56. The number of nitrogens with zero attached hydrogens (tertiary/aromatic N) is 3. The van der Waals surface area contributed by atoms with E-state index in [0.717, 1.165) is 0 Å². The Morgan fingerprint density at radius 1 is 1.50 bits per heavy atom. The molecule has 0 aromatic carbocycles. The quantitative estimate of drug-likeness (QED) is 0.771. The van der Waals surface area contributed by atoms with Crippen LogP contribution in [0.1, 0.15) is 49.5 Å². The molecule has 0 saturated carbocycles. The van der Waals surface area contributed by atoms with Gasteiger partial charge in [-0.25, -0.2) is 13.8 Å². The van der Waals surface area contributed by atoms with E-state index in [9.17, 15) is 18.8 Å². The summed E-state index contributed by atoms with van der Waals surface area (Å²) in [6, 6.07) is 1.57. The molecule has 1 aliphatic rings. The van der Waals surface area contributed by atoms with Gasteiger partial charge in [0.15, 0.2) is 0 Å². The highest BCUT2D eigenvalue weighted by molar-refractivity contribution is 7.11. The molecule has 0 N–H and O–H groups in total. The summed E-state index contributed by atoms with van der Waals surface area (Å²) in [5.74, 6) is -2.97. The number of esters is 1. The number of alkyl halides is 2. The predicted molar refractivity (Wildman–Crippen MR) is 85.5 cm³/mol. The van der Waals surface area contributed by atoms with Gasteiger partial charge in [-0.1, -0.05) is 0 Å². The van der Waals surface area contributed by atoms with Crippen molar-refractivity contribution in [3.63, 3.8) is 0 Å². The maximum absolute atomic E-state index is 13.3. The van der Waals surface area contributed by atoms with Gasteiger partial charge in [0.2, 0.25) is 0 Å². The van der Waals surface area contributed by atoms with E-state index in [4.69, 9.17) is 4.74 Å². The molecule has 1 fully saturated rings. The highest BCUT2D eigenvalue weighted by Crippen LogP contribution is 2.34. The predicted octanol–water partition coefficient (Wildman–Crippen LogP) is 3.53. The summed E-state index contributed by atoms with van der Waals surface area (Å²) >= 11 is 1.27. The monoisotopic (exact) mass is 357 g/mol. The van der Waals surface area contributed by atoms with Crippen molar-refractivity contribution in [2.75, 3.05) is 13.1 Å². The van der Waals surface area contributed by atoms with Gasteiger partial charge in [-0.15, -0.1) is 11.3 Å². The summed E-state index contributed by atoms with van der Waals surface area (Å²) in [6.07, 6.45) is 1.09. The molecule has 1 aromatic heterocycles. The van der Waals surface area contributed by atoms with Crippen molar-refractivity contribution in [2.24, 2.45) is 5.41 Å². The van der Waals surface area contributed by atoms with Crippen LogP contribution in [0.2, 0.25) is 0 Å². The van der Waals surface area contributed by atoms with Crippen molar-refractivity contribution in [1.29, 1.82) is 5.26 Å². The lowest BCUT2D eigenvalue weighted by Crippen LogP contribution is -2.40. The Morgan fingerprint density at radius 2 is 2.12 bits per heavy atom. The van der Waals surface area contributed by atoms with E-state index in [1.165, 1.54) is 11.3 Å². The number of rotatable bonds is 4.